The number of amides is 4. The minimum Gasteiger partial charge on any atom is -0.454 e. The summed E-state index contributed by atoms with van der Waals surface area (Å²) in [6, 6.07) is 31.8. The van der Waals surface area contributed by atoms with Crippen LogP contribution < -0.4 is 21.3 Å². The number of hydrogen-bond acceptors (Lipinski definition) is 8. The molecule has 0 bridgehead atoms. The van der Waals surface area contributed by atoms with Crippen molar-refractivity contribution in [3.05, 3.63) is 180 Å². The maximum absolute atomic E-state index is 14.9. The zero-order chi connectivity index (χ0) is 54.2. The predicted molar refractivity (Wildman–Crippen MR) is 287 cm³/mol. The molecule has 388 valence electrons. The van der Waals surface area contributed by atoms with Crippen molar-refractivity contribution < 1.29 is 45.6 Å². The highest BCUT2D eigenvalue weighted by Gasteiger charge is 2.48. The van der Waals surface area contributed by atoms with Crippen molar-refractivity contribution in [3.8, 4) is 56.2 Å². The van der Waals surface area contributed by atoms with Crippen LogP contribution in [0.25, 0.3) is 99.9 Å². The van der Waals surface area contributed by atoms with E-state index in [4.69, 9.17) is 8.83 Å². The maximum atomic E-state index is 14.9. The molecular formula is C60H44F4N8O6. The molecule has 11 aromatic rings. The lowest BCUT2D eigenvalue weighted by Crippen LogP contribution is -2.36. The van der Waals surface area contributed by atoms with Crippen molar-refractivity contribution in [2.45, 2.75) is 31.2 Å². The number of fused-ring (bicyclic) bond motifs is 6. The molecule has 0 spiro atoms. The molecule has 4 amide bonds. The molecule has 1 saturated carbocycles. The number of benzene rings is 6. The topological polar surface area (TPSA) is 200 Å². The lowest BCUT2D eigenvalue weighted by Gasteiger charge is -2.17. The van der Waals surface area contributed by atoms with E-state index in [-0.39, 0.29) is 39.4 Å². The van der Waals surface area contributed by atoms with Gasteiger partial charge in [-0.05, 0) is 139 Å². The third-order valence-corrected chi connectivity index (χ3v) is 14.1. The molecule has 1 aliphatic carbocycles. The highest BCUT2D eigenvalue weighted by atomic mass is 19.3. The van der Waals surface area contributed by atoms with Crippen LogP contribution in [0, 0.1) is 11.6 Å². The average molecular weight is 1050 g/mol. The standard InChI is InChI=1S/C60H44F4N8O6/c1-59(63,64)29-70-54(73)33-7-4-6-32(22-33)40-26-43-47(57(76)66-3)51(31-10-14-38(62)15-11-31)78-53(43)44-28-45(71-49(40)44)35-23-34(24-36(25-35)55(74)72-60(17-18-60)58-68-19-5-20-69-58)41-27-42-46(56(75)65-2)50(30-8-12-37(61)13-9-30)77-52(42)39-16-21-67-48(39)41/h4-16,19-28,67,71H,17-18,29H2,1-3H3,(H,65,75)(H,66,76)(H,70,73)(H,72,74). The summed E-state index contributed by atoms with van der Waals surface area (Å²) in [4.78, 5) is 72.0. The molecule has 1 fully saturated rings. The molecule has 12 rings (SSSR count). The van der Waals surface area contributed by atoms with Gasteiger partial charge in [-0.15, -0.1) is 0 Å². The molecule has 14 nitrogen and oxygen atoms in total. The molecule has 6 N–H and O–H groups in total. The first-order chi connectivity index (χ1) is 37.6. The molecule has 78 heavy (non-hydrogen) atoms. The van der Waals surface area contributed by atoms with Crippen molar-refractivity contribution in [3.63, 3.8) is 0 Å². The molecule has 5 aromatic heterocycles. The second-order valence-electron chi connectivity index (χ2n) is 19.4. The van der Waals surface area contributed by atoms with Gasteiger partial charge < -0.3 is 40.1 Å². The Morgan fingerprint density at radius 2 is 1.18 bits per heavy atom. The zero-order valence-corrected chi connectivity index (χ0v) is 41.8. The second-order valence-corrected chi connectivity index (χ2v) is 19.4. The number of carbonyl (C=O) groups is 4. The molecular weight excluding hydrogens is 1000 g/mol. The monoisotopic (exact) mass is 1050 g/mol. The fourth-order valence-corrected chi connectivity index (χ4v) is 10.1. The van der Waals surface area contributed by atoms with E-state index in [9.17, 15) is 36.7 Å². The smallest absolute Gasteiger partial charge is 0.262 e. The number of carbonyl (C=O) groups excluding carboxylic acids is 4. The summed E-state index contributed by atoms with van der Waals surface area (Å²) in [5, 5.41) is 12.8. The minimum atomic E-state index is -3.17. The fraction of sp³-hybridized carbons (Fsp3) is 0.133. The van der Waals surface area contributed by atoms with Crippen LogP contribution in [0.3, 0.4) is 0 Å². The van der Waals surface area contributed by atoms with Gasteiger partial charge in [0, 0.05) is 100 Å². The van der Waals surface area contributed by atoms with E-state index in [0.29, 0.717) is 108 Å². The van der Waals surface area contributed by atoms with Crippen molar-refractivity contribution in [1.82, 2.24) is 41.2 Å². The first-order valence-electron chi connectivity index (χ1n) is 24.8. The van der Waals surface area contributed by atoms with Crippen LogP contribution in [0.1, 0.15) is 67.0 Å². The van der Waals surface area contributed by atoms with Crippen LogP contribution >= 0.6 is 0 Å². The highest BCUT2D eigenvalue weighted by Crippen LogP contribution is 2.47. The van der Waals surface area contributed by atoms with Gasteiger partial charge in [-0.25, -0.2) is 27.5 Å². The van der Waals surface area contributed by atoms with Crippen LogP contribution in [-0.4, -0.2) is 70.1 Å². The molecule has 0 unspecified atom stereocenters. The number of H-pyrrole nitrogens is 2. The maximum Gasteiger partial charge on any atom is 0.262 e. The van der Waals surface area contributed by atoms with Gasteiger partial charge in [0.05, 0.1) is 28.7 Å². The normalized spacial score (nSPS) is 13.1. The van der Waals surface area contributed by atoms with Gasteiger partial charge in [-0.1, -0.05) is 12.1 Å². The van der Waals surface area contributed by atoms with Gasteiger partial charge in [0.1, 0.15) is 39.9 Å². The Labute approximate surface area is 440 Å². The van der Waals surface area contributed by atoms with Gasteiger partial charge in [-0.2, -0.15) is 0 Å². The van der Waals surface area contributed by atoms with Gasteiger partial charge in [0.15, 0.2) is 5.82 Å². The summed E-state index contributed by atoms with van der Waals surface area (Å²) < 4.78 is 69.6. The first kappa shape index (κ1) is 49.1. The van der Waals surface area contributed by atoms with Crippen molar-refractivity contribution in [2.24, 2.45) is 0 Å². The summed E-state index contributed by atoms with van der Waals surface area (Å²) in [6.07, 6.45) is 6.18. The lowest BCUT2D eigenvalue weighted by atomic mass is 9.94. The van der Waals surface area contributed by atoms with E-state index >= 15 is 0 Å². The van der Waals surface area contributed by atoms with Crippen molar-refractivity contribution in [2.75, 3.05) is 20.6 Å². The average Bonchev–Trinajstić information content (AvgIpc) is 3.90. The van der Waals surface area contributed by atoms with E-state index < -0.39 is 53.3 Å². The van der Waals surface area contributed by atoms with Crippen LogP contribution in [-0.2, 0) is 5.54 Å². The Balaban J connectivity index is 1.10. The summed E-state index contributed by atoms with van der Waals surface area (Å²) in [5.41, 5.74) is 5.58. The second kappa shape index (κ2) is 18.8. The highest BCUT2D eigenvalue weighted by molar-refractivity contribution is 6.22. The molecule has 0 atom stereocenters. The molecule has 5 heterocycles. The van der Waals surface area contributed by atoms with Gasteiger partial charge >= 0.3 is 0 Å². The number of hydrogen-bond donors (Lipinski definition) is 6. The van der Waals surface area contributed by atoms with Gasteiger partial charge in [0.25, 0.3) is 29.6 Å². The number of nitrogens with zero attached hydrogens (tertiary/aromatic N) is 2. The molecule has 1 aliphatic rings. The lowest BCUT2D eigenvalue weighted by molar-refractivity contribution is 0.0221. The van der Waals surface area contributed by atoms with Crippen molar-refractivity contribution >= 4 is 67.4 Å². The number of alkyl halides is 2. The molecule has 18 heteroatoms. The Bertz CT molecular complexity index is 4250. The van der Waals surface area contributed by atoms with E-state index in [0.717, 1.165) is 0 Å². The third-order valence-electron chi connectivity index (χ3n) is 14.1. The number of nitrogens with one attached hydrogen (secondary N) is 6. The Morgan fingerprint density at radius 3 is 1.77 bits per heavy atom. The predicted octanol–water partition coefficient (Wildman–Crippen LogP) is 12.1. The number of halogens is 4. The summed E-state index contributed by atoms with van der Waals surface area (Å²) >= 11 is 0. The Morgan fingerprint density at radius 1 is 0.603 bits per heavy atom. The number of aromatic amines is 2. The number of rotatable bonds is 13. The van der Waals surface area contributed by atoms with E-state index in [1.165, 1.54) is 68.7 Å². The number of aromatic nitrogens is 4. The summed E-state index contributed by atoms with van der Waals surface area (Å²) in [5.74, 6) is -5.39. The molecule has 0 radical (unpaired) electrons. The summed E-state index contributed by atoms with van der Waals surface area (Å²) in [7, 11) is 2.97. The largest absolute Gasteiger partial charge is 0.454 e. The molecule has 6 aromatic carbocycles. The Kier molecular flexibility index (Phi) is 11.8. The molecule has 0 saturated heterocycles. The molecule has 0 aliphatic heterocycles. The Hall–Kier alpha value is -9.84. The van der Waals surface area contributed by atoms with Crippen LogP contribution in [0.4, 0.5) is 17.6 Å². The van der Waals surface area contributed by atoms with E-state index in [1.54, 1.807) is 61.1 Å². The quantitative estimate of drug-likeness (QED) is 0.0613. The SMILES string of the molecule is CNC(=O)c1c(-c2ccc(F)cc2)oc2c1cc(-c1cc(C(=O)NC3(c4ncccn4)CC3)cc(-c3cc4c([nH]3)c(-c3cccc(C(=O)NCC(C)(F)F)c3)cc3c(C(=O)NC)c(-c5ccc(F)cc5)oc34)c1)c1[nH]ccc12. The number of furan rings is 2. The van der Waals surface area contributed by atoms with E-state index in [1.807, 2.05) is 24.3 Å². The van der Waals surface area contributed by atoms with Crippen molar-refractivity contribution in [1.29, 1.82) is 0 Å². The van der Waals surface area contributed by atoms with Crippen LogP contribution in [0.15, 0.2) is 149 Å². The third kappa shape index (κ3) is 8.65. The fourth-order valence-electron chi connectivity index (χ4n) is 10.1. The van der Waals surface area contributed by atoms with Crippen LogP contribution in [0.2, 0.25) is 0 Å². The minimum absolute atomic E-state index is 0.0924. The first-order valence-corrected chi connectivity index (χ1v) is 24.8. The van der Waals surface area contributed by atoms with Crippen LogP contribution in [0.5, 0.6) is 0 Å². The van der Waals surface area contributed by atoms with E-state index in [2.05, 4.69) is 41.2 Å². The van der Waals surface area contributed by atoms with Gasteiger partial charge in [-0.3, -0.25) is 19.2 Å². The zero-order valence-electron chi connectivity index (χ0n) is 41.8. The van der Waals surface area contributed by atoms with Gasteiger partial charge in [0.2, 0.25) is 0 Å². The summed E-state index contributed by atoms with van der Waals surface area (Å²) in [6.45, 7) is -0.184.